The molecule has 0 aromatic carbocycles. The fourth-order valence-corrected chi connectivity index (χ4v) is 4.91. The van der Waals surface area contributed by atoms with Crippen LogP contribution in [-0.2, 0) is 11.3 Å². The van der Waals surface area contributed by atoms with Crippen molar-refractivity contribution in [1.29, 1.82) is 0 Å². The Hall–Kier alpha value is -2.41. The molecule has 1 fully saturated rings. The summed E-state index contributed by atoms with van der Waals surface area (Å²) in [5.41, 5.74) is 2.05. The minimum absolute atomic E-state index is 0.0205. The van der Waals surface area contributed by atoms with Crippen LogP contribution < -0.4 is 10.9 Å². The molecule has 0 spiro atoms. The van der Waals surface area contributed by atoms with Crippen molar-refractivity contribution in [2.45, 2.75) is 52.1 Å². The Kier molecular flexibility index (Phi) is 5.58. The van der Waals surface area contributed by atoms with Crippen LogP contribution in [0.1, 0.15) is 55.8 Å². The van der Waals surface area contributed by atoms with E-state index in [-0.39, 0.29) is 17.5 Å². The van der Waals surface area contributed by atoms with Gasteiger partial charge in [-0.2, -0.15) is 0 Å². The molecular formula is C22H30N4O3. The third-order valence-electron chi connectivity index (χ3n) is 6.04. The SMILES string of the molecule is Cc1cc(CN2C[C@H]3C[C@@H](C2)[C@H](CNC(=O)CC(C)C)n2c3cccc2=O)no1. The molecule has 4 heterocycles. The first-order valence-corrected chi connectivity index (χ1v) is 10.5. The highest BCUT2D eigenvalue weighted by Crippen LogP contribution is 2.41. The van der Waals surface area contributed by atoms with Gasteiger partial charge in [0.05, 0.1) is 11.7 Å². The largest absolute Gasteiger partial charge is 0.361 e. The number of nitrogens with zero attached hydrogens (tertiary/aromatic N) is 3. The maximum absolute atomic E-state index is 12.7. The lowest BCUT2D eigenvalue weighted by molar-refractivity contribution is -0.122. The summed E-state index contributed by atoms with van der Waals surface area (Å²) >= 11 is 0. The molecule has 4 rings (SSSR count). The monoisotopic (exact) mass is 398 g/mol. The van der Waals surface area contributed by atoms with Crippen LogP contribution in [-0.4, -0.2) is 40.2 Å². The van der Waals surface area contributed by atoms with Crippen LogP contribution in [0.15, 0.2) is 33.6 Å². The third-order valence-corrected chi connectivity index (χ3v) is 6.04. The molecule has 7 nitrogen and oxygen atoms in total. The van der Waals surface area contributed by atoms with Gasteiger partial charge in [0.1, 0.15) is 5.76 Å². The molecule has 1 amide bonds. The van der Waals surface area contributed by atoms with Gasteiger partial charge in [0.2, 0.25) is 5.91 Å². The van der Waals surface area contributed by atoms with Crippen molar-refractivity contribution >= 4 is 5.91 Å². The zero-order chi connectivity index (χ0) is 20.5. The first kappa shape index (κ1) is 19.9. The quantitative estimate of drug-likeness (QED) is 0.809. The standard InChI is InChI=1S/C22H30N4O3/c1-14(2)7-21(27)23-10-20-17-9-16(19-5-4-6-22(28)26(19)20)11-25(12-17)13-18-8-15(3)29-24-18/h4-6,8,14,16-17,20H,7,9-13H2,1-3H3,(H,23,27)/t16-,17+,20+/m1/s1. The number of hydrogen-bond acceptors (Lipinski definition) is 5. The smallest absolute Gasteiger partial charge is 0.251 e. The van der Waals surface area contributed by atoms with Gasteiger partial charge >= 0.3 is 0 Å². The third kappa shape index (κ3) is 4.29. The second-order valence-corrected chi connectivity index (χ2v) is 8.94. The molecule has 3 atom stereocenters. The lowest BCUT2D eigenvalue weighted by atomic mass is 9.78. The lowest BCUT2D eigenvalue weighted by Crippen LogP contribution is -2.51. The second kappa shape index (κ2) is 8.14. The van der Waals surface area contributed by atoms with E-state index in [1.54, 1.807) is 6.07 Å². The van der Waals surface area contributed by atoms with E-state index in [2.05, 4.69) is 21.4 Å². The van der Waals surface area contributed by atoms with E-state index in [1.165, 1.54) is 0 Å². The van der Waals surface area contributed by atoms with Crippen LogP contribution in [0.3, 0.4) is 0 Å². The molecule has 29 heavy (non-hydrogen) atoms. The number of nitrogens with one attached hydrogen (secondary N) is 1. The van der Waals surface area contributed by atoms with Gasteiger partial charge in [-0.3, -0.25) is 14.5 Å². The van der Waals surface area contributed by atoms with Crippen molar-refractivity contribution in [1.82, 2.24) is 19.9 Å². The maximum Gasteiger partial charge on any atom is 0.251 e. The van der Waals surface area contributed by atoms with E-state index >= 15 is 0 Å². The van der Waals surface area contributed by atoms with Gasteiger partial charge < -0.3 is 14.4 Å². The van der Waals surface area contributed by atoms with Crippen molar-refractivity contribution < 1.29 is 9.32 Å². The van der Waals surface area contributed by atoms with Crippen LogP contribution in [0.4, 0.5) is 0 Å². The molecule has 2 aromatic heterocycles. The summed E-state index contributed by atoms with van der Waals surface area (Å²) in [7, 11) is 0. The molecule has 2 bridgehead atoms. The van der Waals surface area contributed by atoms with Gasteiger partial charge in [-0.1, -0.05) is 25.1 Å². The number of hydrogen-bond donors (Lipinski definition) is 1. The predicted octanol–water partition coefficient (Wildman–Crippen LogP) is 2.47. The Labute approximate surface area is 171 Å². The molecule has 2 aliphatic rings. The van der Waals surface area contributed by atoms with Gasteiger partial charge in [0, 0.05) is 56.3 Å². The molecule has 1 saturated heterocycles. The molecule has 0 saturated carbocycles. The minimum Gasteiger partial charge on any atom is -0.361 e. The van der Waals surface area contributed by atoms with Crippen molar-refractivity contribution in [2.75, 3.05) is 19.6 Å². The van der Waals surface area contributed by atoms with Crippen LogP contribution >= 0.6 is 0 Å². The van der Waals surface area contributed by atoms with E-state index in [0.29, 0.717) is 30.7 Å². The van der Waals surface area contributed by atoms with Crippen molar-refractivity contribution in [2.24, 2.45) is 11.8 Å². The summed E-state index contributed by atoms with van der Waals surface area (Å²) in [5, 5.41) is 7.22. The number of amides is 1. The average Bonchev–Trinajstić information content (AvgIpc) is 3.06. The Balaban J connectivity index is 1.56. The number of likely N-dealkylation sites (tertiary alicyclic amines) is 1. The van der Waals surface area contributed by atoms with Crippen LogP contribution in [0.2, 0.25) is 0 Å². The van der Waals surface area contributed by atoms with E-state index < -0.39 is 0 Å². The van der Waals surface area contributed by atoms with Gasteiger partial charge in [0.25, 0.3) is 5.56 Å². The van der Waals surface area contributed by atoms with E-state index in [9.17, 15) is 9.59 Å². The van der Waals surface area contributed by atoms with Crippen molar-refractivity contribution in [3.63, 3.8) is 0 Å². The summed E-state index contributed by atoms with van der Waals surface area (Å²) in [6.45, 7) is 9.00. The van der Waals surface area contributed by atoms with Crippen LogP contribution in [0.25, 0.3) is 0 Å². The highest BCUT2D eigenvalue weighted by molar-refractivity contribution is 5.76. The fraction of sp³-hybridized carbons (Fsp3) is 0.591. The lowest BCUT2D eigenvalue weighted by Gasteiger charge is -2.47. The molecule has 2 aliphatic heterocycles. The summed E-state index contributed by atoms with van der Waals surface area (Å²) < 4.78 is 7.16. The highest BCUT2D eigenvalue weighted by atomic mass is 16.5. The highest BCUT2D eigenvalue weighted by Gasteiger charge is 2.40. The molecule has 156 valence electrons. The van der Waals surface area contributed by atoms with Crippen molar-refractivity contribution in [3.05, 3.63) is 51.8 Å². The summed E-state index contributed by atoms with van der Waals surface area (Å²) in [5.74, 6) is 1.82. The number of rotatable bonds is 6. The molecule has 1 N–H and O–H groups in total. The Morgan fingerprint density at radius 1 is 1.34 bits per heavy atom. The Morgan fingerprint density at radius 2 is 2.17 bits per heavy atom. The van der Waals surface area contributed by atoms with Gasteiger partial charge in [-0.25, -0.2) is 0 Å². The Morgan fingerprint density at radius 3 is 2.90 bits per heavy atom. The molecule has 2 aromatic rings. The van der Waals surface area contributed by atoms with Gasteiger partial charge in [-0.15, -0.1) is 0 Å². The second-order valence-electron chi connectivity index (χ2n) is 8.94. The Bertz CT molecular complexity index is 932. The molecule has 0 aliphatic carbocycles. The number of fused-ring (bicyclic) bond motifs is 4. The summed E-state index contributed by atoms with van der Waals surface area (Å²) in [6.07, 6.45) is 1.55. The zero-order valence-corrected chi connectivity index (χ0v) is 17.4. The number of aryl methyl sites for hydroxylation is 1. The molecule has 7 heteroatoms. The van der Waals surface area contributed by atoms with E-state index in [4.69, 9.17) is 4.52 Å². The summed E-state index contributed by atoms with van der Waals surface area (Å²) in [6, 6.07) is 7.50. The first-order valence-electron chi connectivity index (χ1n) is 10.5. The maximum atomic E-state index is 12.7. The zero-order valence-electron chi connectivity index (χ0n) is 17.4. The topological polar surface area (TPSA) is 80.4 Å². The number of carbonyl (C=O) groups is 1. The number of pyridine rings is 1. The number of carbonyl (C=O) groups excluding carboxylic acids is 1. The fourth-order valence-electron chi connectivity index (χ4n) is 4.91. The molecular weight excluding hydrogens is 368 g/mol. The minimum atomic E-state index is -0.0205. The number of aromatic nitrogens is 2. The summed E-state index contributed by atoms with van der Waals surface area (Å²) in [4.78, 5) is 27.4. The number of piperidine rings is 1. The predicted molar refractivity (Wildman–Crippen MR) is 110 cm³/mol. The normalized spacial score (nSPS) is 23.8. The molecule has 0 radical (unpaired) electrons. The van der Waals surface area contributed by atoms with Crippen LogP contribution in [0.5, 0.6) is 0 Å². The average molecular weight is 399 g/mol. The van der Waals surface area contributed by atoms with E-state index in [0.717, 1.165) is 43.2 Å². The van der Waals surface area contributed by atoms with Crippen molar-refractivity contribution in [3.8, 4) is 0 Å². The molecule has 0 unspecified atom stereocenters. The first-order chi connectivity index (χ1) is 13.9. The van der Waals surface area contributed by atoms with E-state index in [1.807, 2.05) is 37.5 Å². The van der Waals surface area contributed by atoms with Crippen LogP contribution in [0, 0.1) is 18.8 Å². The van der Waals surface area contributed by atoms with Gasteiger partial charge in [0.15, 0.2) is 0 Å². The van der Waals surface area contributed by atoms with Gasteiger partial charge in [-0.05, 0) is 31.2 Å².